The molecule has 1 aliphatic rings. The second-order valence-electron chi connectivity index (χ2n) is 8.98. The normalized spacial score (nSPS) is 16.3. The number of carbonyl (C=O) groups is 3. The quantitative estimate of drug-likeness (QED) is 0.0645. The molecule has 0 saturated carbocycles. The van der Waals surface area contributed by atoms with Crippen molar-refractivity contribution in [3.8, 4) is 0 Å². The summed E-state index contributed by atoms with van der Waals surface area (Å²) in [4.78, 5) is 39.9. The lowest BCUT2D eigenvalue weighted by Gasteiger charge is -2.22. The van der Waals surface area contributed by atoms with E-state index in [9.17, 15) is 23.9 Å². The predicted molar refractivity (Wildman–Crippen MR) is 155 cm³/mol. The SMILES string of the molecule is COC(=O)c1ccc([C@H]2C(=C(O)c3ccc(C)c(F)c3)C(=O)C(=O)N2c2nnc(SCc3ccccc3Cl)s2)cc1. The Morgan fingerprint density at radius 1 is 1.10 bits per heavy atom. The van der Waals surface area contributed by atoms with E-state index in [2.05, 4.69) is 10.2 Å². The lowest BCUT2D eigenvalue weighted by atomic mass is 9.94. The number of rotatable bonds is 7. The van der Waals surface area contributed by atoms with Crippen LogP contribution in [0.5, 0.6) is 0 Å². The van der Waals surface area contributed by atoms with Gasteiger partial charge in [0.25, 0.3) is 5.78 Å². The molecule has 0 bridgehead atoms. The van der Waals surface area contributed by atoms with Crippen molar-refractivity contribution in [2.24, 2.45) is 0 Å². The van der Waals surface area contributed by atoms with Gasteiger partial charge in [-0.05, 0) is 47.9 Å². The number of esters is 1. The van der Waals surface area contributed by atoms with E-state index in [1.165, 1.54) is 43.1 Å². The van der Waals surface area contributed by atoms with Gasteiger partial charge < -0.3 is 9.84 Å². The Morgan fingerprint density at radius 3 is 2.49 bits per heavy atom. The zero-order valence-corrected chi connectivity index (χ0v) is 24.0. The molecule has 0 radical (unpaired) electrons. The van der Waals surface area contributed by atoms with Crippen LogP contribution in [0.3, 0.4) is 0 Å². The van der Waals surface area contributed by atoms with Crippen molar-refractivity contribution in [2.75, 3.05) is 12.0 Å². The van der Waals surface area contributed by atoms with Crippen molar-refractivity contribution in [3.63, 3.8) is 0 Å². The van der Waals surface area contributed by atoms with Crippen LogP contribution in [0.25, 0.3) is 5.76 Å². The maximum Gasteiger partial charge on any atom is 0.337 e. The zero-order valence-electron chi connectivity index (χ0n) is 21.6. The molecular weight excluding hydrogens is 589 g/mol. The summed E-state index contributed by atoms with van der Waals surface area (Å²) in [6.07, 6.45) is 0. The van der Waals surface area contributed by atoms with Crippen molar-refractivity contribution < 1.29 is 28.6 Å². The van der Waals surface area contributed by atoms with E-state index in [1.54, 1.807) is 25.1 Å². The standard InChI is InChI=1S/C29H21ClFN3O5S2/c1-15-7-8-18(13-21(15)31)24(35)22-23(16-9-11-17(12-10-16)27(38)39-2)34(26(37)25(22)36)28-32-33-29(41-28)40-14-19-5-3-4-6-20(19)30/h3-13,23,35H,14H2,1-2H3/t23-/m0/s1. The fourth-order valence-corrected chi connectivity index (χ4v) is 6.43. The first-order valence-electron chi connectivity index (χ1n) is 12.1. The van der Waals surface area contributed by atoms with Gasteiger partial charge in [-0.15, -0.1) is 10.2 Å². The van der Waals surface area contributed by atoms with Crippen LogP contribution in [0, 0.1) is 12.7 Å². The number of aryl methyl sites for hydroxylation is 1. The molecule has 1 atom stereocenters. The number of hydrogen-bond donors (Lipinski definition) is 1. The van der Waals surface area contributed by atoms with E-state index in [4.69, 9.17) is 16.3 Å². The molecule has 2 heterocycles. The Balaban J connectivity index is 1.57. The number of ether oxygens (including phenoxy) is 1. The summed E-state index contributed by atoms with van der Waals surface area (Å²) >= 11 is 8.72. The highest BCUT2D eigenvalue weighted by Gasteiger charge is 2.48. The molecule has 1 saturated heterocycles. The highest BCUT2D eigenvalue weighted by atomic mass is 35.5. The molecule has 0 spiro atoms. The third-order valence-corrected chi connectivity index (χ3v) is 8.92. The van der Waals surface area contributed by atoms with Crippen LogP contribution < -0.4 is 4.90 Å². The third kappa shape index (κ3) is 5.61. The summed E-state index contributed by atoms with van der Waals surface area (Å²) in [7, 11) is 1.25. The Hall–Kier alpha value is -4.06. The van der Waals surface area contributed by atoms with Crippen molar-refractivity contribution in [1.82, 2.24) is 10.2 Å². The van der Waals surface area contributed by atoms with E-state index < -0.39 is 35.3 Å². The van der Waals surface area contributed by atoms with Crippen LogP contribution in [0.1, 0.15) is 38.7 Å². The summed E-state index contributed by atoms with van der Waals surface area (Å²) in [5.41, 5.74) is 1.70. The lowest BCUT2D eigenvalue weighted by molar-refractivity contribution is -0.132. The molecule has 1 fully saturated rings. The van der Waals surface area contributed by atoms with Crippen LogP contribution >= 0.6 is 34.7 Å². The van der Waals surface area contributed by atoms with Crippen LogP contribution in [-0.4, -0.2) is 40.1 Å². The molecule has 3 aromatic carbocycles. The average Bonchev–Trinajstić information content (AvgIpc) is 3.55. The number of aliphatic hydroxyl groups excluding tert-OH is 1. The fraction of sp³-hybridized carbons (Fsp3) is 0.138. The zero-order chi connectivity index (χ0) is 29.3. The summed E-state index contributed by atoms with van der Waals surface area (Å²) in [6.45, 7) is 1.57. The number of Topliss-reactive ketones (excluding diaryl/α,β-unsaturated/α-hetero) is 1. The largest absolute Gasteiger partial charge is 0.507 e. The number of ketones is 1. The minimum absolute atomic E-state index is 0.0375. The number of aliphatic hydroxyl groups is 1. The van der Waals surface area contributed by atoms with Gasteiger partial charge >= 0.3 is 11.9 Å². The van der Waals surface area contributed by atoms with Gasteiger partial charge in [0.2, 0.25) is 5.13 Å². The minimum atomic E-state index is -1.12. The summed E-state index contributed by atoms with van der Waals surface area (Å²) < 4.78 is 19.7. The Kier molecular flexibility index (Phi) is 8.20. The Bertz CT molecular complexity index is 1710. The molecule has 0 unspecified atom stereocenters. The molecule has 1 N–H and O–H groups in total. The van der Waals surface area contributed by atoms with Crippen LogP contribution in [0.2, 0.25) is 5.02 Å². The fourth-order valence-electron chi connectivity index (χ4n) is 4.27. The van der Waals surface area contributed by atoms with Crippen LogP contribution in [0.4, 0.5) is 9.52 Å². The maximum atomic E-state index is 14.4. The number of thioether (sulfide) groups is 1. The van der Waals surface area contributed by atoms with Gasteiger partial charge in [-0.2, -0.15) is 0 Å². The summed E-state index contributed by atoms with van der Waals surface area (Å²) in [6, 6.07) is 16.4. The van der Waals surface area contributed by atoms with Crippen LogP contribution in [-0.2, 0) is 20.1 Å². The van der Waals surface area contributed by atoms with Gasteiger partial charge in [0.15, 0.2) is 4.34 Å². The molecule has 1 aliphatic heterocycles. The molecule has 12 heteroatoms. The number of aromatic nitrogens is 2. The predicted octanol–water partition coefficient (Wildman–Crippen LogP) is 6.34. The number of methoxy groups -OCH3 is 1. The number of anilines is 1. The second kappa shape index (κ2) is 11.8. The van der Waals surface area contributed by atoms with E-state index in [1.807, 2.05) is 18.2 Å². The van der Waals surface area contributed by atoms with Crippen molar-refractivity contribution in [2.45, 2.75) is 23.1 Å². The van der Waals surface area contributed by atoms with Gasteiger partial charge in [0.05, 0.1) is 24.3 Å². The van der Waals surface area contributed by atoms with Crippen LogP contribution in [0.15, 0.2) is 76.6 Å². The molecular formula is C29H21ClFN3O5S2. The van der Waals surface area contributed by atoms with Gasteiger partial charge in [-0.1, -0.05) is 77.2 Å². The van der Waals surface area contributed by atoms with Crippen molar-refractivity contribution >= 4 is 63.3 Å². The van der Waals surface area contributed by atoms with E-state index >= 15 is 0 Å². The number of carbonyl (C=O) groups excluding carboxylic acids is 3. The topological polar surface area (TPSA) is 110 Å². The minimum Gasteiger partial charge on any atom is -0.507 e. The number of halogens is 2. The molecule has 0 aliphatic carbocycles. The summed E-state index contributed by atoms with van der Waals surface area (Å²) in [5.74, 6) is -3.07. The molecule has 1 aromatic heterocycles. The molecule has 4 aromatic rings. The molecule has 1 amide bonds. The molecule has 41 heavy (non-hydrogen) atoms. The van der Waals surface area contributed by atoms with Gasteiger partial charge in [-0.3, -0.25) is 14.5 Å². The monoisotopic (exact) mass is 609 g/mol. The number of nitrogens with zero attached hydrogens (tertiary/aromatic N) is 3. The lowest BCUT2D eigenvalue weighted by Crippen LogP contribution is -2.29. The van der Waals surface area contributed by atoms with Gasteiger partial charge in [-0.25, -0.2) is 9.18 Å². The van der Waals surface area contributed by atoms with E-state index in [-0.39, 0.29) is 21.8 Å². The maximum absolute atomic E-state index is 14.4. The van der Waals surface area contributed by atoms with Crippen molar-refractivity contribution in [3.05, 3.63) is 111 Å². The van der Waals surface area contributed by atoms with E-state index in [0.29, 0.717) is 26.2 Å². The third-order valence-electron chi connectivity index (χ3n) is 6.45. The number of hydrogen-bond acceptors (Lipinski definition) is 9. The second-order valence-corrected chi connectivity index (χ2v) is 11.6. The molecule has 208 valence electrons. The van der Waals surface area contributed by atoms with E-state index in [0.717, 1.165) is 27.9 Å². The summed E-state index contributed by atoms with van der Waals surface area (Å²) in [5, 5.41) is 20.3. The Labute approximate surface area is 247 Å². The average molecular weight is 610 g/mol. The molecule has 8 nitrogen and oxygen atoms in total. The van der Waals surface area contributed by atoms with Gasteiger partial charge in [0, 0.05) is 16.3 Å². The smallest absolute Gasteiger partial charge is 0.337 e. The highest BCUT2D eigenvalue weighted by molar-refractivity contribution is 8.00. The number of benzene rings is 3. The van der Waals surface area contributed by atoms with Crippen molar-refractivity contribution in [1.29, 1.82) is 0 Å². The van der Waals surface area contributed by atoms with Gasteiger partial charge in [0.1, 0.15) is 11.6 Å². The first kappa shape index (κ1) is 28.5. The first-order valence-corrected chi connectivity index (χ1v) is 14.3. The molecule has 5 rings (SSSR count). The number of amides is 1. The first-order chi connectivity index (χ1) is 19.7. The highest BCUT2D eigenvalue weighted by Crippen LogP contribution is 2.44. The Morgan fingerprint density at radius 2 is 1.80 bits per heavy atom.